The Kier molecular flexibility index (Phi) is 3.77. The number of imide groups is 1. The van der Waals surface area contributed by atoms with Crippen molar-refractivity contribution in [2.45, 2.75) is 19.0 Å². The molecule has 2 rings (SSSR count). The van der Waals surface area contributed by atoms with E-state index in [-0.39, 0.29) is 24.1 Å². The van der Waals surface area contributed by atoms with Crippen LogP contribution in [0.4, 0.5) is 4.39 Å². The van der Waals surface area contributed by atoms with E-state index in [0.717, 1.165) is 4.90 Å². The number of likely N-dealkylation sites (N-methyl/N-ethyl adjacent to an activating group) is 1. The van der Waals surface area contributed by atoms with Gasteiger partial charge in [-0.1, -0.05) is 12.1 Å². The monoisotopic (exact) mass is 314 g/mol. The zero-order valence-corrected chi connectivity index (χ0v) is 11.3. The molecule has 1 atom stereocenters. The van der Waals surface area contributed by atoms with E-state index in [1.807, 2.05) is 0 Å². The molecule has 0 aliphatic carbocycles. The van der Waals surface area contributed by atoms with E-state index in [1.54, 1.807) is 12.1 Å². The molecular formula is C12H12BrFN2O2. The molecule has 1 N–H and O–H groups in total. The molecule has 4 nitrogen and oxygen atoms in total. The van der Waals surface area contributed by atoms with Crippen LogP contribution in [0.1, 0.15) is 12.0 Å². The molecule has 96 valence electrons. The predicted octanol–water partition coefficient (Wildman–Crippen LogP) is 1.44. The zero-order valence-electron chi connectivity index (χ0n) is 9.74. The Morgan fingerprint density at radius 2 is 2.22 bits per heavy atom. The van der Waals surface area contributed by atoms with Gasteiger partial charge >= 0.3 is 0 Å². The first-order chi connectivity index (χ1) is 8.50. The molecule has 6 heteroatoms. The predicted molar refractivity (Wildman–Crippen MR) is 67.1 cm³/mol. The average molecular weight is 315 g/mol. The molecule has 1 aromatic carbocycles. The summed E-state index contributed by atoms with van der Waals surface area (Å²) in [5.74, 6) is -0.788. The van der Waals surface area contributed by atoms with E-state index in [0.29, 0.717) is 16.6 Å². The summed E-state index contributed by atoms with van der Waals surface area (Å²) in [6, 6.07) is 4.19. The number of halogens is 2. The number of carbonyl (C=O) groups is 2. The molecule has 18 heavy (non-hydrogen) atoms. The number of rotatable bonds is 3. The first-order valence-electron chi connectivity index (χ1n) is 5.47. The van der Waals surface area contributed by atoms with E-state index < -0.39 is 6.04 Å². The summed E-state index contributed by atoms with van der Waals surface area (Å²) in [5, 5.41) is 2.97. The molecule has 1 fully saturated rings. The van der Waals surface area contributed by atoms with E-state index in [1.165, 1.54) is 13.1 Å². The molecule has 0 radical (unpaired) electrons. The lowest BCUT2D eigenvalue weighted by Crippen LogP contribution is -2.36. The van der Waals surface area contributed by atoms with Crippen LogP contribution in [0.5, 0.6) is 0 Å². The molecule has 1 aliphatic heterocycles. The molecule has 1 aliphatic rings. The third-order valence-corrected chi connectivity index (χ3v) is 3.84. The zero-order chi connectivity index (χ0) is 13.3. The van der Waals surface area contributed by atoms with E-state index >= 15 is 0 Å². The molecule has 1 saturated heterocycles. The number of hydrogen-bond acceptors (Lipinski definition) is 3. The fourth-order valence-corrected chi connectivity index (χ4v) is 2.24. The van der Waals surface area contributed by atoms with Crippen molar-refractivity contribution in [1.82, 2.24) is 10.2 Å². The molecule has 0 bridgehead atoms. The summed E-state index contributed by atoms with van der Waals surface area (Å²) in [7, 11) is 1.46. The number of benzene rings is 1. The molecule has 1 heterocycles. The van der Waals surface area contributed by atoms with Gasteiger partial charge in [0.15, 0.2) is 0 Å². The van der Waals surface area contributed by atoms with Crippen molar-refractivity contribution >= 4 is 27.7 Å². The number of hydrogen-bond donors (Lipinski definition) is 1. The fraction of sp³-hybridized carbons (Fsp3) is 0.333. The van der Waals surface area contributed by atoms with Crippen molar-refractivity contribution in [2.24, 2.45) is 0 Å². The van der Waals surface area contributed by atoms with Crippen LogP contribution in [0.15, 0.2) is 22.7 Å². The van der Waals surface area contributed by atoms with Crippen LogP contribution in [0.2, 0.25) is 0 Å². The summed E-state index contributed by atoms with van der Waals surface area (Å²) in [6.07, 6.45) is 0.155. The first-order valence-corrected chi connectivity index (χ1v) is 6.26. The van der Waals surface area contributed by atoms with Crippen LogP contribution in [0.25, 0.3) is 0 Å². The highest BCUT2D eigenvalue weighted by atomic mass is 79.9. The normalized spacial score (nSPS) is 19.7. The van der Waals surface area contributed by atoms with Gasteiger partial charge in [-0.3, -0.25) is 14.5 Å². The standard InChI is InChI=1S/C12H12BrFN2O2/c1-16-10(17)5-9(12(16)18)15-6-7-3-2-4-8(14)11(7)13/h2-4,9,15H,5-6H2,1H3. The van der Waals surface area contributed by atoms with Crippen LogP contribution >= 0.6 is 15.9 Å². The lowest BCUT2D eigenvalue weighted by atomic mass is 10.2. The molecule has 1 aromatic rings. The summed E-state index contributed by atoms with van der Waals surface area (Å²) < 4.78 is 13.7. The van der Waals surface area contributed by atoms with Crippen LogP contribution in [-0.4, -0.2) is 29.8 Å². The van der Waals surface area contributed by atoms with Gasteiger partial charge in [0.05, 0.1) is 16.9 Å². The highest BCUT2D eigenvalue weighted by Gasteiger charge is 2.35. The summed E-state index contributed by atoms with van der Waals surface area (Å²) in [6.45, 7) is 0.329. The van der Waals surface area contributed by atoms with Crippen LogP contribution < -0.4 is 5.32 Å². The van der Waals surface area contributed by atoms with Crippen molar-refractivity contribution in [2.75, 3.05) is 7.05 Å². The number of carbonyl (C=O) groups excluding carboxylic acids is 2. The van der Waals surface area contributed by atoms with Gasteiger partial charge in [-0.05, 0) is 27.6 Å². The maximum absolute atomic E-state index is 13.3. The van der Waals surface area contributed by atoms with Gasteiger partial charge in [0.25, 0.3) is 0 Å². The van der Waals surface area contributed by atoms with E-state index in [9.17, 15) is 14.0 Å². The van der Waals surface area contributed by atoms with Crippen LogP contribution in [0, 0.1) is 5.82 Å². The topological polar surface area (TPSA) is 49.4 Å². The minimum absolute atomic E-state index is 0.155. The lowest BCUT2D eigenvalue weighted by Gasteiger charge is -2.12. The van der Waals surface area contributed by atoms with Crippen molar-refractivity contribution < 1.29 is 14.0 Å². The number of likely N-dealkylation sites (tertiary alicyclic amines) is 1. The van der Waals surface area contributed by atoms with Crippen molar-refractivity contribution in [3.63, 3.8) is 0 Å². The highest BCUT2D eigenvalue weighted by Crippen LogP contribution is 2.21. The Morgan fingerprint density at radius 1 is 1.50 bits per heavy atom. The van der Waals surface area contributed by atoms with Gasteiger partial charge in [0, 0.05) is 13.6 Å². The number of amides is 2. The van der Waals surface area contributed by atoms with Crippen molar-refractivity contribution in [1.29, 1.82) is 0 Å². The maximum atomic E-state index is 13.3. The van der Waals surface area contributed by atoms with Gasteiger partial charge in [-0.25, -0.2) is 4.39 Å². The molecule has 0 aromatic heterocycles. The molecule has 1 unspecified atom stereocenters. The smallest absolute Gasteiger partial charge is 0.246 e. The third kappa shape index (κ3) is 2.44. The SMILES string of the molecule is CN1C(=O)CC(NCc2cccc(F)c2Br)C1=O. The first kappa shape index (κ1) is 13.2. The quantitative estimate of drug-likeness (QED) is 0.859. The second-order valence-corrected chi connectivity index (χ2v) is 4.93. The van der Waals surface area contributed by atoms with Gasteiger partial charge in [0.2, 0.25) is 11.8 Å². The molecule has 0 spiro atoms. The van der Waals surface area contributed by atoms with Crippen molar-refractivity contribution in [3.8, 4) is 0 Å². The Balaban J connectivity index is 2.03. The number of nitrogens with one attached hydrogen (secondary N) is 1. The molecule has 0 saturated carbocycles. The van der Waals surface area contributed by atoms with Gasteiger partial charge in [-0.2, -0.15) is 0 Å². The third-order valence-electron chi connectivity index (χ3n) is 2.95. The van der Waals surface area contributed by atoms with Crippen LogP contribution in [-0.2, 0) is 16.1 Å². The Hall–Kier alpha value is -1.27. The Morgan fingerprint density at radius 3 is 2.83 bits per heavy atom. The summed E-state index contributed by atoms with van der Waals surface area (Å²) in [5.41, 5.74) is 0.713. The summed E-state index contributed by atoms with van der Waals surface area (Å²) in [4.78, 5) is 24.1. The number of nitrogens with zero attached hydrogens (tertiary/aromatic N) is 1. The lowest BCUT2D eigenvalue weighted by molar-refractivity contribution is -0.137. The second-order valence-electron chi connectivity index (χ2n) is 4.14. The summed E-state index contributed by atoms with van der Waals surface area (Å²) >= 11 is 3.15. The second kappa shape index (κ2) is 5.16. The van der Waals surface area contributed by atoms with Gasteiger partial charge in [-0.15, -0.1) is 0 Å². The average Bonchev–Trinajstić information content (AvgIpc) is 2.59. The minimum Gasteiger partial charge on any atom is -0.301 e. The van der Waals surface area contributed by atoms with E-state index in [2.05, 4.69) is 21.2 Å². The minimum atomic E-state index is -0.516. The Bertz CT molecular complexity index is 507. The van der Waals surface area contributed by atoms with Crippen molar-refractivity contribution in [3.05, 3.63) is 34.1 Å². The van der Waals surface area contributed by atoms with Crippen LogP contribution in [0.3, 0.4) is 0 Å². The van der Waals surface area contributed by atoms with E-state index in [4.69, 9.17) is 0 Å². The highest BCUT2D eigenvalue weighted by molar-refractivity contribution is 9.10. The maximum Gasteiger partial charge on any atom is 0.246 e. The Labute approximate surface area is 112 Å². The molecular weight excluding hydrogens is 303 g/mol. The molecule has 2 amide bonds. The fourth-order valence-electron chi connectivity index (χ4n) is 1.83. The van der Waals surface area contributed by atoms with Gasteiger partial charge < -0.3 is 5.32 Å². The van der Waals surface area contributed by atoms with Gasteiger partial charge in [0.1, 0.15) is 5.82 Å². The largest absolute Gasteiger partial charge is 0.301 e.